The van der Waals surface area contributed by atoms with Crippen LogP contribution in [0.5, 0.6) is 0 Å². The number of fused-ring (bicyclic) bond motifs is 1. The van der Waals surface area contributed by atoms with Crippen LogP contribution in [-0.2, 0) is 28.7 Å². The number of ketones is 1. The van der Waals surface area contributed by atoms with E-state index in [0.29, 0.717) is 18.9 Å². The summed E-state index contributed by atoms with van der Waals surface area (Å²) in [5, 5.41) is 11.1. The number of nitrogens with zero attached hydrogens (tertiary/aromatic N) is 1. The van der Waals surface area contributed by atoms with Crippen LogP contribution in [0.3, 0.4) is 0 Å². The second-order valence-corrected chi connectivity index (χ2v) is 16.6. The smallest absolute Gasteiger partial charge is 0.408 e. The van der Waals surface area contributed by atoms with Gasteiger partial charge in [0.05, 0.1) is 12.6 Å². The molecule has 6 atom stereocenters. The highest BCUT2D eigenvalue weighted by atomic mass is 16.6. The molecule has 1 saturated heterocycles. The van der Waals surface area contributed by atoms with Crippen LogP contribution >= 0.6 is 0 Å². The molecule has 4 fully saturated rings. The summed E-state index contributed by atoms with van der Waals surface area (Å²) in [4.78, 5) is 81.8. The molecule has 1 unspecified atom stereocenters. The third kappa shape index (κ3) is 9.75. The predicted octanol–water partition coefficient (Wildman–Crippen LogP) is 4.00. The first-order valence-electron chi connectivity index (χ1n) is 18.8. The van der Waals surface area contributed by atoms with E-state index >= 15 is 0 Å². The van der Waals surface area contributed by atoms with E-state index in [-0.39, 0.29) is 54.0 Å². The van der Waals surface area contributed by atoms with Crippen LogP contribution in [0.1, 0.15) is 126 Å². The zero-order valence-corrected chi connectivity index (χ0v) is 30.8. The lowest BCUT2D eigenvalue weighted by Crippen LogP contribution is -2.60. The first kappa shape index (κ1) is 38.6. The van der Waals surface area contributed by atoms with Crippen molar-refractivity contribution >= 4 is 35.5 Å². The number of hydrogen-bond donors (Lipinski definition) is 4. The van der Waals surface area contributed by atoms with E-state index in [1.165, 1.54) is 6.42 Å². The standard InChI is InChI=1S/C37H61N5O7/c1-8-15-26(31(44)33(46)38-20-27(43)39-22(2)23-16-11-9-12-17-23)40-32(45)30-28-25(37(28,6)7)21-42(30)34(47)29(24-18-13-10-14-19-24)41-35(48)49-36(3,4)5/h22-26,28-30H,8-21H2,1-7H3,(H,38,46)(H,39,43)(H,40,45)(H,41,48)/t22-,25-,26?,28-,29-,30-/m0/s1. The molecule has 0 radical (unpaired) electrons. The number of nitrogens with one attached hydrogen (secondary N) is 4. The lowest BCUT2D eigenvalue weighted by Gasteiger charge is -2.37. The van der Waals surface area contributed by atoms with Crippen molar-refractivity contribution in [1.82, 2.24) is 26.2 Å². The Labute approximate surface area is 292 Å². The average Bonchev–Trinajstić information content (AvgIpc) is 3.36. The summed E-state index contributed by atoms with van der Waals surface area (Å²) in [5.41, 5.74) is -0.919. The molecule has 4 aliphatic rings. The number of amides is 5. The quantitative estimate of drug-likeness (QED) is 0.213. The molecular weight excluding hydrogens is 626 g/mol. The van der Waals surface area contributed by atoms with E-state index in [1.54, 1.807) is 25.7 Å². The number of piperidine rings is 1. The molecule has 49 heavy (non-hydrogen) atoms. The highest BCUT2D eigenvalue weighted by Crippen LogP contribution is 2.65. The largest absolute Gasteiger partial charge is 0.444 e. The molecule has 0 aromatic rings. The third-order valence-electron chi connectivity index (χ3n) is 11.4. The monoisotopic (exact) mass is 687 g/mol. The molecule has 0 aromatic heterocycles. The van der Waals surface area contributed by atoms with Gasteiger partial charge in [-0.25, -0.2) is 4.79 Å². The maximum atomic E-state index is 14.3. The van der Waals surface area contributed by atoms with Gasteiger partial charge in [0.15, 0.2) is 0 Å². The van der Waals surface area contributed by atoms with Crippen molar-refractivity contribution in [2.75, 3.05) is 13.1 Å². The molecule has 1 heterocycles. The van der Waals surface area contributed by atoms with Crippen LogP contribution in [0.2, 0.25) is 0 Å². The zero-order valence-electron chi connectivity index (χ0n) is 30.8. The van der Waals surface area contributed by atoms with Gasteiger partial charge in [-0.2, -0.15) is 0 Å². The summed E-state index contributed by atoms with van der Waals surface area (Å²) in [6.07, 6.45) is 10.3. The number of Topliss-reactive ketones (excluding diaryl/α,β-unsaturated/α-hetero) is 1. The Kier molecular flexibility index (Phi) is 12.8. The maximum absolute atomic E-state index is 14.3. The average molecular weight is 688 g/mol. The van der Waals surface area contributed by atoms with E-state index in [0.717, 1.165) is 57.8 Å². The van der Waals surface area contributed by atoms with Gasteiger partial charge in [-0.1, -0.05) is 65.7 Å². The Morgan fingerprint density at radius 2 is 1.45 bits per heavy atom. The van der Waals surface area contributed by atoms with Crippen LogP contribution in [0, 0.1) is 29.1 Å². The Bertz CT molecular complexity index is 1230. The second-order valence-electron chi connectivity index (χ2n) is 16.6. The third-order valence-corrected chi connectivity index (χ3v) is 11.4. The van der Waals surface area contributed by atoms with E-state index in [2.05, 4.69) is 35.1 Å². The van der Waals surface area contributed by atoms with Gasteiger partial charge in [0.2, 0.25) is 23.5 Å². The zero-order chi connectivity index (χ0) is 36.1. The summed E-state index contributed by atoms with van der Waals surface area (Å²) >= 11 is 0. The van der Waals surface area contributed by atoms with Gasteiger partial charge < -0.3 is 30.9 Å². The van der Waals surface area contributed by atoms with Crippen molar-refractivity contribution in [3.05, 3.63) is 0 Å². The maximum Gasteiger partial charge on any atom is 0.408 e. The number of hydrogen-bond acceptors (Lipinski definition) is 7. The first-order chi connectivity index (χ1) is 23.0. The molecule has 3 aliphatic carbocycles. The Balaban J connectivity index is 1.43. The molecule has 0 aromatic carbocycles. The van der Waals surface area contributed by atoms with Crippen LogP contribution in [0.15, 0.2) is 0 Å². The minimum atomic E-state index is -1.10. The summed E-state index contributed by atoms with van der Waals surface area (Å²) in [6.45, 7) is 13.3. The fourth-order valence-electron chi connectivity index (χ4n) is 8.55. The lowest BCUT2D eigenvalue weighted by molar-refractivity contribution is -0.145. The van der Waals surface area contributed by atoms with Crippen LogP contribution < -0.4 is 21.3 Å². The fraction of sp³-hybridized carbons (Fsp3) is 0.838. The number of ether oxygens (including phenoxy) is 1. The van der Waals surface area contributed by atoms with Gasteiger partial charge in [0.1, 0.15) is 17.7 Å². The summed E-state index contributed by atoms with van der Waals surface area (Å²) in [6, 6.07) is -2.80. The number of likely N-dealkylation sites (tertiary alicyclic amines) is 1. The van der Waals surface area contributed by atoms with Gasteiger partial charge in [-0.05, 0) is 88.9 Å². The van der Waals surface area contributed by atoms with Crippen molar-refractivity contribution in [3.8, 4) is 0 Å². The van der Waals surface area contributed by atoms with Crippen LogP contribution in [-0.4, -0.2) is 83.3 Å². The van der Waals surface area contributed by atoms with Crippen molar-refractivity contribution in [2.24, 2.45) is 29.1 Å². The highest BCUT2D eigenvalue weighted by molar-refractivity contribution is 6.38. The lowest BCUT2D eigenvalue weighted by atomic mass is 9.83. The highest BCUT2D eigenvalue weighted by Gasteiger charge is 2.69. The molecule has 1 aliphatic heterocycles. The molecule has 3 saturated carbocycles. The van der Waals surface area contributed by atoms with Crippen molar-refractivity contribution in [3.63, 3.8) is 0 Å². The van der Waals surface area contributed by atoms with Crippen LogP contribution in [0.25, 0.3) is 0 Å². The van der Waals surface area contributed by atoms with Crippen molar-refractivity contribution in [1.29, 1.82) is 0 Å². The van der Waals surface area contributed by atoms with Crippen molar-refractivity contribution in [2.45, 2.75) is 155 Å². The van der Waals surface area contributed by atoms with E-state index in [4.69, 9.17) is 4.74 Å². The van der Waals surface area contributed by atoms with Gasteiger partial charge >= 0.3 is 6.09 Å². The van der Waals surface area contributed by atoms with Gasteiger partial charge in [-0.15, -0.1) is 0 Å². The van der Waals surface area contributed by atoms with Gasteiger partial charge in [0, 0.05) is 12.6 Å². The van der Waals surface area contributed by atoms with E-state index in [9.17, 15) is 28.8 Å². The number of rotatable bonds is 13. The summed E-state index contributed by atoms with van der Waals surface area (Å²) in [5.74, 6) is -2.60. The Morgan fingerprint density at radius 3 is 2.02 bits per heavy atom. The normalized spacial score (nSPS) is 25.6. The molecule has 4 rings (SSSR count). The summed E-state index contributed by atoms with van der Waals surface area (Å²) < 4.78 is 5.52. The fourth-order valence-corrected chi connectivity index (χ4v) is 8.55. The molecule has 5 amide bonds. The predicted molar refractivity (Wildman–Crippen MR) is 185 cm³/mol. The van der Waals surface area contributed by atoms with E-state index in [1.807, 2.05) is 13.8 Å². The SMILES string of the molecule is CCCC(NC(=O)[C@@H]1[C@@H]2[C@H](CN1C(=O)[C@@H](NC(=O)OC(C)(C)C)C1CCCCC1)C2(C)C)C(=O)C(=O)NCC(=O)N[C@@H](C)C1CCCCC1. The number of alkyl carbamates (subject to hydrolysis) is 1. The Morgan fingerprint density at radius 1 is 0.857 bits per heavy atom. The topological polar surface area (TPSA) is 163 Å². The van der Waals surface area contributed by atoms with E-state index < -0.39 is 47.4 Å². The van der Waals surface area contributed by atoms with Crippen LogP contribution in [0.4, 0.5) is 4.79 Å². The minimum absolute atomic E-state index is 0.0165. The molecule has 0 spiro atoms. The second kappa shape index (κ2) is 16.2. The Hall–Kier alpha value is -3.18. The summed E-state index contributed by atoms with van der Waals surface area (Å²) in [7, 11) is 0. The first-order valence-corrected chi connectivity index (χ1v) is 18.8. The molecule has 4 N–H and O–H groups in total. The van der Waals surface area contributed by atoms with Gasteiger partial charge in [-0.3, -0.25) is 24.0 Å². The molecule has 0 bridgehead atoms. The minimum Gasteiger partial charge on any atom is -0.444 e. The molecular formula is C37H61N5O7. The number of carbonyl (C=O) groups is 6. The molecule has 276 valence electrons. The molecule has 12 heteroatoms. The van der Waals surface area contributed by atoms with Gasteiger partial charge in [0.25, 0.3) is 5.91 Å². The van der Waals surface area contributed by atoms with Crippen molar-refractivity contribution < 1.29 is 33.5 Å². The molecule has 12 nitrogen and oxygen atoms in total. The number of carbonyl (C=O) groups excluding carboxylic acids is 6.